The SMILES string of the molecule is C.C.C.C.C.C.C.C.CCC(C)OCCCO.CCC(C)OCCO.CCC(C)OCCOC.CCC(C)OCCOCCOC.CCC(C)OCCOCCOCCOC.CCOCCOCCOCCOC(C)CC. The van der Waals surface area contributed by atoms with Gasteiger partial charge >= 0.3 is 0 Å². The van der Waals surface area contributed by atoms with Crippen LogP contribution in [0.2, 0.25) is 0 Å². The molecule has 17 nitrogen and oxygen atoms in total. The molecule has 490 valence electrons. The van der Waals surface area contributed by atoms with Crippen LogP contribution in [0.4, 0.5) is 0 Å². The highest BCUT2D eigenvalue weighted by Crippen LogP contribution is 1.98. The Morgan fingerprint density at radius 3 is 0.662 bits per heavy atom. The van der Waals surface area contributed by atoms with Crippen molar-refractivity contribution in [2.45, 2.75) is 231 Å². The van der Waals surface area contributed by atoms with E-state index >= 15 is 0 Å². The lowest BCUT2D eigenvalue weighted by Gasteiger charge is -2.10. The van der Waals surface area contributed by atoms with Gasteiger partial charge in [0, 0.05) is 41.2 Å². The van der Waals surface area contributed by atoms with E-state index < -0.39 is 0 Å². The number of hydrogen-bond acceptors (Lipinski definition) is 17. The van der Waals surface area contributed by atoms with Crippen molar-refractivity contribution in [1.82, 2.24) is 0 Å². The van der Waals surface area contributed by atoms with E-state index in [1.54, 1.807) is 21.3 Å². The van der Waals surface area contributed by atoms with Gasteiger partial charge in [-0.2, -0.15) is 0 Å². The molecule has 0 radical (unpaired) electrons. The molecule has 6 unspecified atom stereocenters. The minimum atomic E-state index is 0. The molecule has 0 spiro atoms. The first-order valence-electron chi connectivity index (χ1n) is 26.2. The zero-order valence-electron chi connectivity index (χ0n) is 47.7. The lowest BCUT2D eigenvalue weighted by Crippen LogP contribution is -2.14. The molecular formula is C60H148O17. The van der Waals surface area contributed by atoms with Crippen molar-refractivity contribution >= 4 is 0 Å². The molecule has 0 amide bonds. The fraction of sp³-hybridized carbons (Fsp3) is 1.00. The zero-order valence-corrected chi connectivity index (χ0v) is 47.7. The number of aliphatic hydroxyl groups is 2. The molecule has 0 aliphatic rings. The van der Waals surface area contributed by atoms with Gasteiger partial charge in [0.05, 0.1) is 169 Å². The van der Waals surface area contributed by atoms with Crippen molar-refractivity contribution in [3.8, 4) is 0 Å². The smallest absolute Gasteiger partial charge is 0.0704 e. The third-order valence-corrected chi connectivity index (χ3v) is 9.41. The number of aliphatic hydroxyl groups excluding tert-OH is 2. The molecule has 0 aromatic carbocycles. The van der Waals surface area contributed by atoms with E-state index in [2.05, 4.69) is 69.2 Å². The summed E-state index contributed by atoms with van der Waals surface area (Å²) in [5, 5.41) is 16.7. The van der Waals surface area contributed by atoms with E-state index in [9.17, 15) is 0 Å². The lowest BCUT2D eigenvalue weighted by molar-refractivity contribution is -0.0147. The summed E-state index contributed by atoms with van der Waals surface area (Å²) in [6.45, 7) is 40.8. The second-order valence-electron chi connectivity index (χ2n) is 15.6. The van der Waals surface area contributed by atoms with Crippen LogP contribution >= 0.6 is 0 Å². The van der Waals surface area contributed by atoms with E-state index in [1.165, 1.54) is 0 Å². The van der Waals surface area contributed by atoms with Gasteiger partial charge in [-0.05, 0) is 93.4 Å². The molecule has 17 heteroatoms. The van der Waals surface area contributed by atoms with Crippen molar-refractivity contribution in [3.05, 3.63) is 0 Å². The quantitative estimate of drug-likeness (QED) is 0.0550. The third kappa shape index (κ3) is 128. The second-order valence-corrected chi connectivity index (χ2v) is 15.6. The van der Waals surface area contributed by atoms with Gasteiger partial charge in [0.1, 0.15) is 0 Å². The summed E-state index contributed by atoms with van der Waals surface area (Å²) in [5.41, 5.74) is 0. The van der Waals surface area contributed by atoms with E-state index in [-0.39, 0.29) is 72.6 Å². The fourth-order valence-electron chi connectivity index (χ4n) is 3.86. The van der Waals surface area contributed by atoms with Crippen molar-refractivity contribution in [3.63, 3.8) is 0 Å². The largest absolute Gasteiger partial charge is 0.396 e. The Kier molecular flexibility index (Phi) is 155. The van der Waals surface area contributed by atoms with E-state index in [4.69, 9.17) is 81.3 Å². The Hall–Kier alpha value is -0.680. The van der Waals surface area contributed by atoms with Crippen LogP contribution in [0.25, 0.3) is 0 Å². The predicted molar refractivity (Wildman–Crippen MR) is 333 cm³/mol. The van der Waals surface area contributed by atoms with Crippen LogP contribution in [0.1, 0.15) is 194 Å². The highest BCUT2D eigenvalue weighted by Gasteiger charge is 2.00. The summed E-state index contributed by atoms with van der Waals surface area (Å²) in [5.74, 6) is 0. The maximum Gasteiger partial charge on any atom is 0.0704 e. The first-order valence-corrected chi connectivity index (χ1v) is 26.2. The van der Waals surface area contributed by atoms with Crippen LogP contribution in [-0.4, -0.2) is 220 Å². The average Bonchev–Trinajstić information content (AvgIpc) is 3.37. The van der Waals surface area contributed by atoms with E-state index in [1.807, 2.05) is 20.8 Å². The normalized spacial score (nSPS) is 11.9. The van der Waals surface area contributed by atoms with Crippen molar-refractivity contribution in [1.29, 1.82) is 0 Å². The standard InChI is InChI=1S/C12H26O4.C11H24O4.C9H20O3.2C7H16O2.C6H14O2.8CH4/c1-4-12(3)16-11-10-15-9-8-14-7-6-13-5-2;1-4-11(2)15-10-9-14-8-7-13-6-5-12-3;1-4-9(2)12-8-7-11-6-5-10-3;1-4-7(2)9-6-5-8-3;1-3-7(2)9-6-4-5-8;1-3-6(2)8-5-4-7;;;;;;;;/h12H,4-11H2,1-3H3;11H,4-10H2,1-3H3;9H,4-8H2,1-3H3;7H,4-6H2,1-3H3;7-8H,3-6H2,1-2H3;6-7H,3-5H2,1-2H3;8*1H4. The van der Waals surface area contributed by atoms with E-state index in [0.29, 0.717) is 169 Å². The summed E-state index contributed by atoms with van der Waals surface area (Å²) >= 11 is 0. The Bertz CT molecular complexity index is 796. The van der Waals surface area contributed by atoms with Crippen LogP contribution < -0.4 is 0 Å². The first-order chi connectivity index (χ1) is 33.3. The molecular weight excluding hydrogens is 993 g/mol. The van der Waals surface area contributed by atoms with Crippen LogP contribution in [0.5, 0.6) is 0 Å². The van der Waals surface area contributed by atoms with E-state index in [0.717, 1.165) is 51.6 Å². The van der Waals surface area contributed by atoms with Gasteiger partial charge in [-0.15, -0.1) is 0 Å². The molecule has 2 N–H and O–H groups in total. The van der Waals surface area contributed by atoms with Crippen LogP contribution in [0.3, 0.4) is 0 Å². The Balaban J connectivity index is -0.0000000513. The number of rotatable bonds is 45. The Morgan fingerprint density at radius 2 is 0.442 bits per heavy atom. The second kappa shape index (κ2) is 107. The summed E-state index contributed by atoms with van der Waals surface area (Å²) in [6.07, 6.45) is 9.03. The molecule has 0 saturated carbocycles. The van der Waals surface area contributed by atoms with Gasteiger partial charge in [-0.25, -0.2) is 0 Å². The maximum atomic E-state index is 8.37. The summed E-state index contributed by atoms with van der Waals surface area (Å²) in [6, 6.07) is 0. The first kappa shape index (κ1) is 111. The van der Waals surface area contributed by atoms with Gasteiger partial charge in [-0.1, -0.05) is 101 Å². The Morgan fingerprint density at radius 1 is 0.247 bits per heavy atom. The number of ether oxygens (including phenoxy) is 15. The van der Waals surface area contributed by atoms with Crippen molar-refractivity contribution in [2.24, 2.45) is 0 Å². The zero-order chi connectivity index (χ0) is 53.3. The highest BCUT2D eigenvalue weighted by atomic mass is 16.6. The molecule has 0 rings (SSSR count). The third-order valence-electron chi connectivity index (χ3n) is 9.41. The molecule has 0 bridgehead atoms. The molecule has 0 aliphatic heterocycles. The molecule has 0 aromatic heterocycles. The monoisotopic (exact) mass is 1140 g/mol. The highest BCUT2D eigenvalue weighted by molar-refractivity contribution is 4.47. The van der Waals surface area contributed by atoms with Crippen molar-refractivity contribution in [2.75, 3.05) is 173 Å². The maximum absolute atomic E-state index is 8.37. The summed E-state index contributed by atoms with van der Waals surface area (Å²) < 4.78 is 78.0. The van der Waals surface area contributed by atoms with Gasteiger partial charge in [0.2, 0.25) is 0 Å². The van der Waals surface area contributed by atoms with Gasteiger partial charge < -0.3 is 81.3 Å². The van der Waals surface area contributed by atoms with Crippen LogP contribution in [-0.2, 0) is 71.1 Å². The van der Waals surface area contributed by atoms with Gasteiger partial charge in [-0.3, -0.25) is 0 Å². The number of methoxy groups -OCH3 is 3. The van der Waals surface area contributed by atoms with Crippen LogP contribution in [0, 0.1) is 0 Å². The molecule has 0 aromatic rings. The predicted octanol–water partition coefficient (Wildman–Crippen LogP) is 13.3. The van der Waals surface area contributed by atoms with Crippen molar-refractivity contribution < 1.29 is 81.3 Å². The van der Waals surface area contributed by atoms with Crippen LogP contribution in [0.15, 0.2) is 0 Å². The van der Waals surface area contributed by atoms with Gasteiger partial charge in [0.25, 0.3) is 0 Å². The molecule has 0 fully saturated rings. The van der Waals surface area contributed by atoms with Gasteiger partial charge in [0.15, 0.2) is 0 Å². The number of hydrogen-bond donors (Lipinski definition) is 2. The molecule has 0 heterocycles. The molecule has 77 heavy (non-hydrogen) atoms. The molecule has 0 saturated heterocycles. The minimum absolute atomic E-state index is 0. The summed E-state index contributed by atoms with van der Waals surface area (Å²) in [7, 11) is 5.01. The molecule has 0 aliphatic carbocycles. The summed E-state index contributed by atoms with van der Waals surface area (Å²) in [4.78, 5) is 0. The topological polar surface area (TPSA) is 179 Å². The lowest BCUT2D eigenvalue weighted by atomic mass is 10.3. The fourth-order valence-corrected chi connectivity index (χ4v) is 3.86. The molecule has 6 atom stereocenters. The Labute approximate surface area is 484 Å². The minimum Gasteiger partial charge on any atom is -0.396 e. The average molecular weight is 1140 g/mol.